The van der Waals surface area contributed by atoms with Crippen molar-refractivity contribution in [1.29, 1.82) is 0 Å². The summed E-state index contributed by atoms with van der Waals surface area (Å²) >= 11 is 0. The zero-order chi connectivity index (χ0) is 35.6. The molecule has 4 heterocycles. The highest BCUT2D eigenvalue weighted by molar-refractivity contribution is 5.73. The second-order valence-corrected chi connectivity index (χ2v) is 11.9. The summed E-state index contributed by atoms with van der Waals surface area (Å²) in [6.07, 6.45) is -33.5. The topological polar surface area (TPSA) is 357 Å². The molecule has 22 nitrogen and oxygen atoms in total. The van der Waals surface area contributed by atoms with Crippen LogP contribution in [0.1, 0.15) is 6.92 Å². The third kappa shape index (κ3) is 8.08. The summed E-state index contributed by atoms with van der Waals surface area (Å²) in [6, 6.07) is -1.57. The third-order valence-corrected chi connectivity index (χ3v) is 8.61. The van der Waals surface area contributed by atoms with E-state index >= 15 is 0 Å². The number of aliphatic hydroxyl groups is 13. The van der Waals surface area contributed by atoms with Crippen molar-refractivity contribution in [2.75, 3.05) is 26.4 Å². The minimum atomic E-state index is -2.03. The molecule has 4 aliphatic rings. The van der Waals surface area contributed by atoms with Gasteiger partial charge in [-0.3, -0.25) is 4.79 Å². The number of hydrogen-bond acceptors (Lipinski definition) is 21. The van der Waals surface area contributed by atoms with Crippen molar-refractivity contribution in [2.24, 2.45) is 0 Å². The second-order valence-electron chi connectivity index (χ2n) is 11.9. The lowest BCUT2D eigenvalue weighted by Gasteiger charge is -2.50. The number of amides is 1. The van der Waals surface area contributed by atoms with Gasteiger partial charge in [0, 0.05) is 6.92 Å². The fourth-order valence-corrected chi connectivity index (χ4v) is 5.95. The van der Waals surface area contributed by atoms with Crippen LogP contribution in [0.3, 0.4) is 0 Å². The van der Waals surface area contributed by atoms with Crippen LogP contribution in [-0.2, 0) is 38.0 Å². The Balaban J connectivity index is 1.56. The van der Waals surface area contributed by atoms with Crippen molar-refractivity contribution < 1.29 is 104 Å². The minimum Gasteiger partial charge on any atom is -0.394 e. The van der Waals surface area contributed by atoms with Crippen LogP contribution in [0.15, 0.2) is 0 Å². The number of rotatable bonds is 11. The van der Waals surface area contributed by atoms with E-state index in [1.807, 2.05) is 0 Å². The maximum absolute atomic E-state index is 12.2. The first kappa shape index (κ1) is 39.5. The van der Waals surface area contributed by atoms with Gasteiger partial charge >= 0.3 is 0 Å². The molecular formula is C26H45NO21. The van der Waals surface area contributed by atoms with Gasteiger partial charge in [-0.2, -0.15) is 0 Å². The van der Waals surface area contributed by atoms with Gasteiger partial charge in [0.15, 0.2) is 25.2 Å². The van der Waals surface area contributed by atoms with Crippen molar-refractivity contribution in [3.63, 3.8) is 0 Å². The zero-order valence-electron chi connectivity index (χ0n) is 25.5. The molecule has 0 aromatic heterocycles. The van der Waals surface area contributed by atoms with E-state index in [0.29, 0.717) is 0 Å². The lowest BCUT2D eigenvalue weighted by molar-refractivity contribution is -0.378. The molecule has 4 aliphatic heterocycles. The van der Waals surface area contributed by atoms with Gasteiger partial charge in [0.1, 0.15) is 97.6 Å². The van der Waals surface area contributed by atoms with Crippen LogP contribution in [-0.4, -0.2) is 221 Å². The standard InChI is InChI=1S/C26H45NO21/c1-6(32)27-11-22(48-25-18(39)14(35)12(33)7(2-28)44-25)13(34)8(3-29)43-24(11)46-21-10(5-31)45-26(19(40)16(21)37)47-20-9(4-30)42-23(41)17(38)15(20)36/h7-26,28-31,33-41H,2-5H2,1H3,(H,27,32)/t7-,8-,9-,10-,11-,12-,13+,14+,15-,16-,17-,18-,19-,20-,21+,22-,23-,24+,25+,26+/m1/s1. The Morgan fingerprint density at radius 2 is 0.917 bits per heavy atom. The number of carbonyl (C=O) groups is 1. The molecule has 22 heteroatoms. The van der Waals surface area contributed by atoms with Crippen LogP contribution >= 0.6 is 0 Å². The fraction of sp³-hybridized carbons (Fsp3) is 0.962. The quantitative estimate of drug-likeness (QED) is 0.0947. The minimum absolute atomic E-state index is 0.749. The third-order valence-electron chi connectivity index (χ3n) is 8.61. The molecule has 1 amide bonds. The number of ether oxygens (including phenoxy) is 7. The normalized spacial score (nSPS) is 50.2. The highest BCUT2D eigenvalue weighted by atomic mass is 16.8. The SMILES string of the molecule is CC(=O)N[C@H]1[C@H](O[C@@H]2[C@H](O)[C@@H](O)[C@H](O[C@H]3[C@H](O)[C@@H](O)[C@H](O)O[C@@H]3CO)O[C@@H]2CO)O[C@H](CO)[C@H](O)[C@@H]1O[C@@H]1O[C@H](CO)[C@@H](O)[C@H](O)[C@H]1O. The van der Waals surface area contributed by atoms with Crippen LogP contribution in [0.2, 0.25) is 0 Å². The summed E-state index contributed by atoms with van der Waals surface area (Å²) < 4.78 is 38.7. The Kier molecular flexibility index (Phi) is 13.8. The van der Waals surface area contributed by atoms with E-state index in [-0.39, 0.29) is 0 Å². The van der Waals surface area contributed by atoms with E-state index < -0.39 is 155 Å². The predicted octanol–water partition coefficient (Wildman–Crippen LogP) is -9.61. The van der Waals surface area contributed by atoms with Gasteiger partial charge in [0.05, 0.1) is 26.4 Å². The molecule has 0 spiro atoms. The summed E-state index contributed by atoms with van der Waals surface area (Å²) in [7, 11) is 0. The van der Waals surface area contributed by atoms with Crippen LogP contribution in [0.5, 0.6) is 0 Å². The molecule has 0 bridgehead atoms. The van der Waals surface area contributed by atoms with Gasteiger partial charge < -0.3 is 105 Å². The number of aliphatic hydroxyl groups excluding tert-OH is 13. The molecule has 0 aliphatic carbocycles. The highest BCUT2D eigenvalue weighted by Crippen LogP contribution is 2.34. The molecule has 48 heavy (non-hydrogen) atoms. The molecule has 280 valence electrons. The Labute approximate surface area is 272 Å². The van der Waals surface area contributed by atoms with Gasteiger partial charge in [-0.05, 0) is 0 Å². The van der Waals surface area contributed by atoms with Crippen molar-refractivity contribution >= 4 is 5.91 Å². The van der Waals surface area contributed by atoms with Crippen molar-refractivity contribution in [3.05, 3.63) is 0 Å². The summed E-state index contributed by atoms with van der Waals surface area (Å²) in [5, 5.41) is 136. The van der Waals surface area contributed by atoms with Gasteiger partial charge in [0.2, 0.25) is 5.91 Å². The summed E-state index contributed by atoms with van der Waals surface area (Å²) in [6.45, 7) is -2.37. The Hall–Kier alpha value is -1.33. The van der Waals surface area contributed by atoms with Crippen LogP contribution < -0.4 is 5.32 Å². The molecule has 0 saturated carbocycles. The van der Waals surface area contributed by atoms with Gasteiger partial charge in [-0.15, -0.1) is 0 Å². The van der Waals surface area contributed by atoms with E-state index in [2.05, 4.69) is 5.32 Å². The molecule has 0 unspecified atom stereocenters. The van der Waals surface area contributed by atoms with Crippen molar-refractivity contribution in [1.82, 2.24) is 5.32 Å². The largest absolute Gasteiger partial charge is 0.394 e. The van der Waals surface area contributed by atoms with Crippen LogP contribution in [0, 0.1) is 0 Å². The number of nitrogens with one attached hydrogen (secondary N) is 1. The van der Waals surface area contributed by atoms with E-state index in [9.17, 15) is 71.2 Å². The van der Waals surface area contributed by atoms with E-state index in [0.717, 1.165) is 6.92 Å². The molecule has 4 rings (SSSR count). The Morgan fingerprint density at radius 3 is 1.46 bits per heavy atom. The lowest BCUT2D eigenvalue weighted by Crippen LogP contribution is -2.70. The number of carbonyl (C=O) groups excluding carboxylic acids is 1. The molecule has 4 fully saturated rings. The van der Waals surface area contributed by atoms with E-state index in [4.69, 9.17) is 33.2 Å². The maximum atomic E-state index is 12.2. The fourth-order valence-electron chi connectivity index (χ4n) is 5.95. The van der Waals surface area contributed by atoms with Gasteiger partial charge in [0.25, 0.3) is 0 Å². The number of hydrogen-bond donors (Lipinski definition) is 14. The summed E-state index contributed by atoms with van der Waals surface area (Å²) in [4.78, 5) is 12.2. The average Bonchev–Trinajstić information content (AvgIpc) is 3.06. The molecule has 20 atom stereocenters. The smallest absolute Gasteiger partial charge is 0.217 e. The monoisotopic (exact) mass is 707 g/mol. The molecule has 0 aromatic rings. The first-order chi connectivity index (χ1) is 22.7. The van der Waals surface area contributed by atoms with Gasteiger partial charge in [-0.25, -0.2) is 0 Å². The first-order valence-electron chi connectivity index (χ1n) is 15.1. The lowest BCUT2D eigenvalue weighted by atomic mass is 9.94. The molecular weight excluding hydrogens is 662 g/mol. The maximum Gasteiger partial charge on any atom is 0.217 e. The molecule has 0 radical (unpaired) electrons. The molecule has 0 aromatic carbocycles. The van der Waals surface area contributed by atoms with Crippen molar-refractivity contribution in [2.45, 2.75) is 130 Å². The Bertz CT molecular complexity index is 1020. The second kappa shape index (κ2) is 16.8. The van der Waals surface area contributed by atoms with E-state index in [1.54, 1.807) is 0 Å². The van der Waals surface area contributed by atoms with Crippen LogP contribution in [0.25, 0.3) is 0 Å². The Morgan fingerprint density at radius 1 is 0.500 bits per heavy atom. The van der Waals surface area contributed by atoms with Crippen molar-refractivity contribution in [3.8, 4) is 0 Å². The molecule has 14 N–H and O–H groups in total. The first-order valence-corrected chi connectivity index (χ1v) is 15.1. The predicted molar refractivity (Wildman–Crippen MR) is 145 cm³/mol. The zero-order valence-corrected chi connectivity index (χ0v) is 25.5. The van der Waals surface area contributed by atoms with Crippen LogP contribution in [0.4, 0.5) is 0 Å². The summed E-state index contributed by atoms with van der Waals surface area (Å²) in [5.41, 5.74) is 0. The highest BCUT2D eigenvalue weighted by Gasteiger charge is 2.55. The average molecular weight is 708 g/mol. The van der Waals surface area contributed by atoms with Gasteiger partial charge in [-0.1, -0.05) is 0 Å². The summed E-state index contributed by atoms with van der Waals surface area (Å²) in [5.74, 6) is -0.749. The van der Waals surface area contributed by atoms with E-state index in [1.165, 1.54) is 0 Å². The molecule has 4 saturated heterocycles.